The SMILES string of the molecule is CC#CCn1c(N2CCC[C@@H](NC(=O)OC(C)(C)C)C2)nc2c1c(=O)n(Cc1nc(-c3ccccc3)c3ccccc3n1)c(=O)n2C1CC1. The summed E-state index contributed by atoms with van der Waals surface area (Å²) in [5.41, 5.74) is 1.55. The van der Waals surface area contributed by atoms with Crippen molar-refractivity contribution < 1.29 is 9.53 Å². The lowest BCUT2D eigenvalue weighted by molar-refractivity contribution is 0.0499. The van der Waals surface area contributed by atoms with Gasteiger partial charge in [0.05, 0.1) is 24.3 Å². The van der Waals surface area contributed by atoms with Crippen LogP contribution in [-0.4, -0.2) is 59.5 Å². The maximum absolute atomic E-state index is 14.5. The second-order valence-corrected chi connectivity index (χ2v) is 13.7. The number of carbonyl (C=O) groups is 1. The van der Waals surface area contributed by atoms with Gasteiger partial charge in [-0.15, -0.1) is 5.92 Å². The number of nitrogens with one attached hydrogen (secondary N) is 1. The Kier molecular flexibility index (Phi) is 8.44. The molecule has 0 unspecified atom stereocenters. The molecule has 1 saturated carbocycles. The number of imidazole rings is 1. The van der Waals surface area contributed by atoms with Crippen molar-refractivity contribution in [1.82, 2.24) is 34.0 Å². The van der Waals surface area contributed by atoms with E-state index in [1.54, 1.807) is 11.5 Å². The Morgan fingerprint density at radius 2 is 1.73 bits per heavy atom. The molecule has 4 heterocycles. The van der Waals surface area contributed by atoms with Crippen LogP contribution in [0.25, 0.3) is 33.3 Å². The van der Waals surface area contributed by atoms with E-state index in [1.165, 1.54) is 4.57 Å². The van der Waals surface area contributed by atoms with Gasteiger partial charge in [-0.3, -0.25) is 18.5 Å². The lowest BCUT2D eigenvalue weighted by atomic mass is 10.1. The smallest absolute Gasteiger partial charge is 0.407 e. The predicted molar refractivity (Wildman–Crippen MR) is 189 cm³/mol. The van der Waals surface area contributed by atoms with E-state index < -0.39 is 22.9 Å². The maximum atomic E-state index is 14.5. The van der Waals surface area contributed by atoms with Crippen molar-refractivity contribution in [3.8, 4) is 23.1 Å². The number of piperidine rings is 1. The molecule has 0 spiro atoms. The Hall–Kier alpha value is -5.44. The summed E-state index contributed by atoms with van der Waals surface area (Å²) < 4.78 is 10.2. The third-order valence-corrected chi connectivity index (χ3v) is 8.79. The van der Waals surface area contributed by atoms with Gasteiger partial charge in [-0.1, -0.05) is 54.5 Å². The molecule has 49 heavy (non-hydrogen) atoms. The fraction of sp³-hybridized carbons (Fsp3) is 0.405. The first-order chi connectivity index (χ1) is 23.6. The minimum absolute atomic E-state index is 0.0596. The molecule has 2 fully saturated rings. The highest BCUT2D eigenvalue weighted by molar-refractivity contribution is 5.92. The van der Waals surface area contributed by atoms with E-state index in [0.717, 1.165) is 47.8 Å². The van der Waals surface area contributed by atoms with Gasteiger partial charge in [-0.05, 0) is 59.4 Å². The molecule has 12 heteroatoms. The Bertz CT molecular complexity index is 2230. The summed E-state index contributed by atoms with van der Waals surface area (Å²) >= 11 is 0. The van der Waals surface area contributed by atoms with Gasteiger partial charge in [0.25, 0.3) is 5.56 Å². The number of nitrogens with zero attached hydrogens (tertiary/aromatic N) is 7. The fourth-order valence-corrected chi connectivity index (χ4v) is 6.50. The zero-order chi connectivity index (χ0) is 34.3. The first-order valence-corrected chi connectivity index (χ1v) is 16.8. The molecular formula is C37H40N8O4. The lowest BCUT2D eigenvalue weighted by Crippen LogP contribution is -2.49. The highest BCUT2D eigenvalue weighted by atomic mass is 16.6. The van der Waals surface area contributed by atoms with E-state index in [1.807, 2.05) is 79.9 Å². The minimum Gasteiger partial charge on any atom is -0.444 e. The van der Waals surface area contributed by atoms with Crippen LogP contribution in [0.4, 0.5) is 10.7 Å². The third kappa shape index (κ3) is 6.53. The quantitative estimate of drug-likeness (QED) is 0.245. The zero-order valence-electron chi connectivity index (χ0n) is 28.3. The second kappa shape index (κ2) is 12.9. The number of hydrogen-bond donors (Lipinski definition) is 1. The number of amides is 1. The normalized spacial score (nSPS) is 16.4. The monoisotopic (exact) mass is 660 g/mol. The Balaban J connectivity index is 1.33. The van der Waals surface area contributed by atoms with E-state index in [2.05, 4.69) is 22.1 Å². The summed E-state index contributed by atoms with van der Waals surface area (Å²) in [6.07, 6.45) is 2.75. The third-order valence-electron chi connectivity index (χ3n) is 8.79. The number of aromatic nitrogens is 6. The molecule has 1 aliphatic carbocycles. The van der Waals surface area contributed by atoms with Crippen molar-refractivity contribution in [1.29, 1.82) is 0 Å². The van der Waals surface area contributed by atoms with E-state index in [4.69, 9.17) is 19.7 Å². The highest BCUT2D eigenvalue weighted by Crippen LogP contribution is 2.36. The van der Waals surface area contributed by atoms with Crippen LogP contribution in [0.15, 0.2) is 64.2 Å². The summed E-state index contributed by atoms with van der Waals surface area (Å²) in [6, 6.07) is 17.3. The zero-order valence-corrected chi connectivity index (χ0v) is 28.3. The molecule has 252 valence electrons. The average molecular weight is 661 g/mol. The van der Waals surface area contributed by atoms with Gasteiger partial charge in [0.2, 0.25) is 5.95 Å². The van der Waals surface area contributed by atoms with Crippen molar-refractivity contribution in [3.05, 3.63) is 81.3 Å². The number of fused-ring (bicyclic) bond motifs is 2. The minimum atomic E-state index is -0.612. The molecule has 12 nitrogen and oxygen atoms in total. The molecule has 1 amide bonds. The highest BCUT2D eigenvalue weighted by Gasteiger charge is 2.34. The van der Waals surface area contributed by atoms with Crippen molar-refractivity contribution >= 4 is 34.1 Å². The molecular weight excluding hydrogens is 620 g/mol. The Morgan fingerprint density at radius 1 is 0.980 bits per heavy atom. The van der Waals surface area contributed by atoms with Gasteiger partial charge in [0, 0.05) is 36.1 Å². The average Bonchev–Trinajstić information content (AvgIpc) is 3.84. The van der Waals surface area contributed by atoms with Crippen molar-refractivity contribution in [2.75, 3.05) is 18.0 Å². The lowest BCUT2D eigenvalue weighted by Gasteiger charge is -2.34. The Morgan fingerprint density at radius 3 is 2.47 bits per heavy atom. The second-order valence-electron chi connectivity index (χ2n) is 13.7. The van der Waals surface area contributed by atoms with Crippen molar-refractivity contribution in [2.45, 2.75) is 84.2 Å². The fourth-order valence-electron chi connectivity index (χ4n) is 6.50. The van der Waals surface area contributed by atoms with Gasteiger partial charge in [-0.2, -0.15) is 4.98 Å². The number of ether oxygens (including phenoxy) is 1. The number of rotatable bonds is 7. The number of benzene rings is 2. The van der Waals surface area contributed by atoms with Crippen LogP contribution in [0, 0.1) is 11.8 Å². The number of para-hydroxylation sites is 1. The summed E-state index contributed by atoms with van der Waals surface area (Å²) in [4.78, 5) is 58.1. The molecule has 1 N–H and O–H groups in total. The topological polar surface area (TPSA) is 129 Å². The predicted octanol–water partition coefficient (Wildman–Crippen LogP) is 4.87. The van der Waals surface area contributed by atoms with Crippen LogP contribution < -0.4 is 21.5 Å². The Labute approximate surface area is 283 Å². The van der Waals surface area contributed by atoms with Gasteiger partial charge in [0.1, 0.15) is 11.4 Å². The first-order valence-electron chi connectivity index (χ1n) is 16.8. The molecule has 2 aliphatic rings. The van der Waals surface area contributed by atoms with Crippen LogP contribution in [0.2, 0.25) is 0 Å². The largest absolute Gasteiger partial charge is 0.444 e. The summed E-state index contributed by atoms with van der Waals surface area (Å²) in [6.45, 7) is 8.50. The van der Waals surface area contributed by atoms with Gasteiger partial charge in [-0.25, -0.2) is 19.6 Å². The molecule has 3 aromatic heterocycles. The number of alkyl carbamates (subject to hydrolysis) is 1. The van der Waals surface area contributed by atoms with E-state index >= 15 is 0 Å². The molecule has 2 aromatic carbocycles. The standard InChI is InChI=1S/C37H40N8O4/c1-5-6-21-43-31-32(41-34(43)42-20-12-15-25(22-42)38-35(47)49-37(2,3)4)45(26-18-19-26)36(48)44(33(31)46)23-29-39-28-17-11-10-16-27(28)30(40-29)24-13-8-7-9-14-24/h7-11,13-14,16-17,25-26H,12,15,18-23H2,1-4H3,(H,38,47)/t25-/m1/s1. The number of carbonyl (C=O) groups excluding carboxylic acids is 1. The van der Waals surface area contributed by atoms with Gasteiger partial charge in [0.15, 0.2) is 11.2 Å². The van der Waals surface area contributed by atoms with Crippen molar-refractivity contribution in [3.63, 3.8) is 0 Å². The van der Waals surface area contributed by atoms with Crippen LogP contribution >= 0.6 is 0 Å². The van der Waals surface area contributed by atoms with E-state index in [9.17, 15) is 14.4 Å². The van der Waals surface area contributed by atoms with Crippen LogP contribution in [-0.2, 0) is 17.8 Å². The molecule has 1 saturated heterocycles. The van der Waals surface area contributed by atoms with Crippen molar-refractivity contribution in [2.24, 2.45) is 0 Å². The molecule has 1 aliphatic heterocycles. The number of hydrogen-bond acceptors (Lipinski definition) is 8. The summed E-state index contributed by atoms with van der Waals surface area (Å²) in [5, 5.41) is 3.88. The molecule has 0 radical (unpaired) electrons. The molecule has 7 rings (SSSR count). The molecule has 0 bridgehead atoms. The summed E-state index contributed by atoms with van der Waals surface area (Å²) in [5.74, 6) is 6.96. The van der Waals surface area contributed by atoms with Gasteiger partial charge < -0.3 is 15.0 Å². The van der Waals surface area contributed by atoms with E-state index in [0.29, 0.717) is 36.0 Å². The molecule has 1 atom stereocenters. The first kappa shape index (κ1) is 32.1. The van der Waals surface area contributed by atoms with Crippen LogP contribution in [0.3, 0.4) is 0 Å². The van der Waals surface area contributed by atoms with Crippen LogP contribution in [0.1, 0.15) is 65.2 Å². The maximum Gasteiger partial charge on any atom is 0.407 e. The summed E-state index contributed by atoms with van der Waals surface area (Å²) in [7, 11) is 0. The number of anilines is 1. The van der Waals surface area contributed by atoms with E-state index in [-0.39, 0.29) is 25.2 Å². The molecule has 5 aromatic rings. The van der Waals surface area contributed by atoms with Gasteiger partial charge >= 0.3 is 11.8 Å². The van der Waals surface area contributed by atoms with Crippen LogP contribution in [0.5, 0.6) is 0 Å².